The summed E-state index contributed by atoms with van der Waals surface area (Å²) in [5.41, 5.74) is 0. The first-order valence-corrected chi connectivity index (χ1v) is 2.76. The van der Waals surface area contributed by atoms with Crippen LogP contribution in [0.2, 0.25) is 6.32 Å². The van der Waals surface area contributed by atoms with Gasteiger partial charge >= 0.3 is 58.4 Å². The van der Waals surface area contributed by atoms with Crippen LogP contribution in [-0.4, -0.2) is 20.7 Å². The molecule has 0 saturated carbocycles. The van der Waals surface area contributed by atoms with Gasteiger partial charge in [-0.25, -0.2) is 0 Å². The van der Waals surface area contributed by atoms with Crippen molar-refractivity contribution < 1.29 is 69.1 Å². The molecule has 0 rings (SSSR count). The number of methoxy groups -OCH3 is 1. The minimum absolute atomic E-state index is 0. The molecule has 0 bridgehead atoms. The van der Waals surface area contributed by atoms with Crippen molar-refractivity contribution in [3.8, 4) is 0 Å². The second kappa shape index (κ2) is 7.12. The zero-order valence-corrected chi connectivity index (χ0v) is 9.36. The van der Waals surface area contributed by atoms with Crippen molar-refractivity contribution in [2.24, 2.45) is 0 Å². The standard InChI is InChI=1S/C4H9BF3O.K/c1-9-4-2-3-5(6,7)8;/h2-4H2,1H3;/q-1;+1. The Kier molecular flexibility index (Phi) is 9.97. The molecule has 0 saturated heterocycles. The summed E-state index contributed by atoms with van der Waals surface area (Å²) in [5, 5.41) is 0. The Morgan fingerprint density at radius 3 is 2.10 bits per heavy atom. The van der Waals surface area contributed by atoms with E-state index in [1.165, 1.54) is 7.11 Å². The number of hydrogen-bond donors (Lipinski definition) is 0. The van der Waals surface area contributed by atoms with Crippen molar-refractivity contribution in [3.63, 3.8) is 0 Å². The fourth-order valence-electron chi connectivity index (χ4n) is 0.459. The summed E-state index contributed by atoms with van der Waals surface area (Å²) in [6.07, 6.45) is -0.603. The van der Waals surface area contributed by atoms with E-state index in [0.29, 0.717) is 0 Å². The fourth-order valence-corrected chi connectivity index (χ4v) is 0.459. The molecule has 0 aromatic heterocycles. The Morgan fingerprint density at radius 2 is 1.80 bits per heavy atom. The molecule has 0 N–H and O–H groups in total. The average Bonchev–Trinajstić information content (AvgIpc) is 1.63. The van der Waals surface area contributed by atoms with Crippen molar-refractivity contribution in [1.29, 1.82) is 0 Å². The summed E-state index contributed by atoms with van der Waals surface area (Å²) in [6.45, 7) is -4.39. The molecule has 0 aliphatic rings. The quantitative estimate of drug-likeness (QED) is 0.393. The smallest absolute Gasteiger partial charge is 0.449 e. The third kappa shape index (κ3) is 12.2. The molecule has 0 amide bonds. The molecule has 0 aromatic rings. The second-order valence-electron chi connectivity index (χ2n) is 1.85. The minimum atomic E-state index is -4.59. The molecule has 56 valence electrons. The largest absolute Gasteiger partial charge is 1.00 e. The molecule has 0 atom stereocenters. The summed E-state index contributed by atoms with van der Waals surface area (Å²) in [6, 6.07) is 0. The Bertz CT molecular complexity index is 77.4. The Morgan fingerprint density at radius 1 is 1.30 bits per heavy atom. The van der Waals surface area contributed by atoms with Crippen LogP contribution >= 0.6 is 0 Å². The van der Waals surface area contributed by atoms with E-state index in [2.05, 4.69) is 4.74 Å². The van der Waals surface area contributed by atoms with Crippen LogP contribution in [0.4, 0.5) is 12.9 Å². The molecular formula is C4H9BF3KO. The molecule has 1 nitrogen and oxygen atoms in total. The van der Waals surface area contributed by atoms with E-state index in [-0.39, 0.29) is 64.4 Å². The second-order valence-corrected chi connectivity index (χ2v) is 1.85. The van der Waals surface area contributed by atoms with Crippen LogP contribution in [-0.2, 0) is 4.74 Å². The van der Waals surface area contributed by atoms with Crippen molar-refractivity contribution in [3.05, 3.63) is 0 Å². The number of halogens is 3. The molecule has 0 aromatic carbocycles. The van der Waals surface area contributed by atoms with Crippen molar-refractivity contribution in [2.75, 3.05) is 13.7 Å². The topological polar surface area (TPSA) is 9.23 Å². The molecular weight excluding hydrogens is 171 g/mol. The molecule has 0 aliphatic carbocycles. The van der Waals surface area contributed by atoms with Crippen molar-refractivity contribution in [1.82, 2.24) is 0 Å². The van der Waals surface area contributed by atoms with Crippen molar-refractivity contribution >= 4 is 6.98 Å². The molecule has 0 spiro atoms. The van der Waals surface area contributed by atoms with Gasteiger partial charge in [0.1, 0.15) is 0 Å². The van der Waals surface area contributed by atoms with Gasteiger partial charge in [-0.15, -0.1) is 0 Å². The minimum Gasteiger partial charge on any atom is -0.449 e. The average molecular weight is 180 g/mol. The Balaban J connectivity index is 0. The molecule has 0 fully saturated rings. The zero-order chi connectivity index (χ0) is 7.33. The van der Waals surface area contributed by atoms with Crippen LogP contribution in [0.15, 0.2) is 0 Å². The van der Waals surface area contributed by atoms with Gasteiger partial charge in [-0.3, -0.25) is 0 Å². The monoisotopic (exact) mass is 180 g/mol. The third-order valence-electron chi connectivity index (χ3n) is 0.880. The van der Waals surface area contributed by atoms with Crippen LogP contribution in [0.5, 0.6) is 0 Å². The summed E-state index contributed by atoms with van der Waals surface area (Å²) in [4.78, 5) is 0. The summed E-state index contributed by atoms with van der Waals surface area (Å²) in [5.74, 6) is 0. The van der Waals surface area contributed by atoms with E-state index >= 15 is 0 Å². The van der Waals surface area contributed by atoms with E-state index in [0.717, 1.165) is 0 Å². The molecule has 10 heavy (non-hydrogen) atoms. The Hall–Kier alpha value is 1.45. The van der Waals surface area contributed by atoms with E-state index in [4.69, 9.17) is 0 Å². The van der Waals surface area contributed by atoms with E-state index in [1.54, 1.807) is 0 Å². The van der Waals surface area contributed by atoms with E-state index < -0.39 is 13.3 Å². The summed E-state index contributed by atoms with van der Waals surface area (Å²) < 4.78 is 38.6. The van der Waals surface area contributed by atoms with Gasteiger partial charge in [0, 0.05) is 13.7 Å². The fraction of sp³-hybridized carbons (Fsp3) is 1.00. The molecule has 0 radical (unpaired) electrons. The van der Waals surface area contributed by atoms with Gasteiger partial charge in [0.25, 0.3) is 0 Å². The van der Waals surface area contributed by atoms with Crippen LogP contribution in [0.3, 0.4) is 0 Å². The Labute approximate surface area is 101 Å². The maximum Gasteiger partial charge on any atom is 1.00 e. The number of hydrogen-bond acceptors (Lipinski definition) is 1. The van der Waals surface area contributed by atoms with Gasteiger partial charge in [-0.2, -0.15) is 0 Å². The first kappa shape index (κ1) is 14.0. The maximum atomic E-state index is 11.4. The summed E-state index contributed by atoms with van der Waals surface area (Å²) >= 11 is 0. The summed E-state index contributed by atoms with van der Waals surface area (Å²) in [7, 11) is 1.39. The molecule has 0 aliphatic heterocycles. The maximum absolute atomic E-state index is 11.4. The van der Waals surface area contributed by atoms with E-state index in [1.807, 2.05) is 0 Å². The van der Waals surface area contributed by atoms with Crippen LogP contribution in [0.25, 0.3) is 0 Å². The van der Waals surface area contributed by atoms with Gasteiger partial charge in [0.15, 0.2) is 0 Å². The molecule has 0 heterocycles. The predicted molar refractivity (Wildman–Crippen MR) is 30.4 cm³/mol. The van der Waals surface area contributed by atoms with Crippen LogP contribution in [0, 0.1) is 0 Å². The normalized spacial score (nSPS) is 10.8. The van der Waals surface area contributed by atoms with Gasteiger partial charge in [-0.05, 0) is 0 Å². The van der Waals surface area contributed by atoms with Crippen LogP contribution in [0.1, 0.15) is 6.42 Å². The number of ether oxygens (including phenoxy) is 1. The first-order chi connectivity index (χ1) is 4.06. The van der Waals surface area contributed by atoms with E-state index in [9.17, 15) is 12.9 Å². The number of rotatable bonds is 4. The van der Waals surface area contributed by atoms with Gasteiger partial charge in [-0.1, -0.05) is 12.7 Å². The SMILES string of the molecule is COCCC[B-](F)(F)F.[K+]. The zero-order valence-electron chi connectivity index (χ0n) is 6.24. The molecule has 6 heteroatoms. The van der Waals surface area contributed by atoms with Crippen LogP contribution < -0.4 is 51.4 Å². The molecule has 0 unspecified atom stereocenters. The van der Waals surface area contributed by atoms with Gasteiger partial charge < -0.3 is 17.7 Å². The predicted octanol–water partition coefficient (Wildman–Crippen LogP) is -1.13. The third-order valence-corrected chi connectivity index (χ3v) is 0.880. The first-order valence-electron chi connectivity index (χ1n) is 2.76. The van der Waals surface area contributed by atoms with Gasteiger partial charge in [0.2, 0.25) is 0 Å². The van der Waals surface area contributed by atoms with Crippen molar-refractivity contribution in [2.45, 2.75) is 12.7 Å². The van der Waals surface area contributed by atoms with Gasteiger partial charge in [0.05, 0.1) is 0 Å².